The van der Waals surface area contributed by atoms with Crippen LogP contribution in [0.2, 0.25) is 5.02 Å². The first-order chi connectivity index (χ1) is 8.69. The molecule has 0 bridgehead atoms. The number of halogens is 1. The molecule has 18 heavy (non-hydrogen) atoms. The number of anilines is 1. The molecule has 0 aliphatic heterocycles. The molecule has 2 atom stereocenters. The topological polar surface area (TPSA) is 47.3 Å². The molecule has 4 heteroatoms. The molecule has 1 aliphatic carbocycles. The fourth-order valence-electron chi connectivity index (χ4n) is 2.46. The Morgan fingerprint density at radius 1 is 1.44 bits per heavy atom. The van der Waals surface area contributed by atoms with Crippen LogP contribution in [0.3, 0.4) is 0 Å². The predicted octanol–water partition coefficient (Wildman–Crippen LogP) is 3.42. The van der Waals surface area contributed by atoms with Crippen molar-refractivity contribution in [2.45, 2.75) is 44.7 Å². The molecule has 2 rings (SSSR count). The van der Waals surface area contributed by atoms with Crippen LogP contribution >= 0.6 is 11.6 Å². The van der Waals surface area contributed by atoms with Crippen LogP contribution in [-0.2, 0) is 0 Å². The standard InChI is InChI=1S/C14H21ClN2O/c1-2-18-14-7-6-12(9-13(14)15)17-11-5-3-4-10(16)8-11/h6-7,9-11,17H,2-5,8,16H2,1H3. The first kappa shape index (κ1) is 13.5. The molecule has 0 spiro atoms. The smallest absolute Gasteiger partial charge is 0.138 e. The number of hydrogen-bond acceptors (Lipinski definition) is 3. The molecule has 2 unspecified atom stereocenters. The van der Waals surface area contributed by atoms with Gasteiger partial charge in [0, 0.05) is 17.8 Å². The Bertz CT molecular complexity index is 397. The summed E-state index contributed by atoms with van der Waals surface area (Å²) in [5.74, 6) is 0.741. The molecule has 1 aliphatic rings. The third-order valence-electron chi connectivity index (χ3n) is 3.32. The summed E-state index contributed by atoms with van der Waals surface area (Å²) in [5, 5.41) is 4.16. The van der Waals surface area contributed by atoms with Gasteiger partial charge in [-0.1, -0.05) is 11.6 Å². The van der Waals surface area contributed by atoms with E-state index in [-0.39, 0.29) is 0 Å². The third-order valence-corrected chi connectivity index (χ3v) is 3.61. The minimum atomic E-state index is 0.328. The van der Waals surface area contributed by atoms with Gasteiger partial charge in [-0.15, -0.1) is 0 Å². The summed E-state index contributed by atoms with van der Waals surface area (Å²) in [7, 11) is 0. The molecule has 0 amide bonds. The van der Waals surface area contributed by atoms with Crippen LogP contribution in [0.4, 0.5) is 5.69 Å². The monoisotopic (exact) mass is 268 g/mol. The van der Waals surface area contributed by atoms with Gasteiger partial charge in [-0.05, 0) is 50.8 Å². The molecule has 1 saturated carbocycles. The van der Waals surface area contributed by atoms with Crippen LogP contribution < -0.4 is 15.8 Å². The van der Waals surface area contributed by atoms with Crippen molar-refractivity contribution in [1.82, 2.24) is 0 Å². The Morgan fingerprint density at radius 3 is 2.94 bits per heavy atom. The van der Waals surface area contributed by atoms with Crippen molar-refractivity contribution in [2.24, 2.45) is 5.73 Å². The highest BCUT2D eigenvalue weighted by molar-refractivity contribution is 6.32. The lowest BCUT2D eigenvalue weighted by Gasteiger charge is -2.28. The van der Waals surface area contributed by atoms with Crippen molar-refractivity contribution in [3.63, 3.8) is 0 Å². The van der Waals surface area contributed by atoms with Crippen LogP contribution in [0.15, 0.2) is 18.2 Å². The van der Waals surface area contributed by atoms with Crippen LogP contribution in [0.1, 0.15) is 32.6 Å². The van der Waals surface area contributed by atoms with Crippen molar-refractivity contribution >= 4 is 17.3 Å². The molecule has 3 nitrogen and oxygen atoms in total. The summed E-state index contributed by atoms with van der Waals surface area (Å²) < 4.78 is 5.42. The zero-order chi connectivity index (χ0) is 13.0. The Balaban J connectivity index is 1.99. The summed E-state index contributed by atoms with van der Waals surface area (Å²) in [4.78, 5) is 0. The Morgan fingerprint density at radius 2 is 2.28 bits per heavy atom. The molecular weight excluding hydrogens is 248 g/mol. The van der Waals surface area contributed by atoms with Crippen molar-refractivity contribution < 1.29 is 4.74 Å². The third kappa shape index (κ3) is 3.53. The first-order valence-corrected chi connectivity index (χ1v) is 7.01. The number of nitrogens with one attached hydrogen (secondary N) is 1. The molecule has 0 aromatic heterocycles. The first-order valence-electron chi connectivity index (χ1n) is 6.63. The molecule has 3 N–H and O–H groups in total. The fourth-order valence-corrected chi connectivity index (χ4v) is 2.69. The zero-order valence-corrected chi connectivity index (χ0v) is 11.5. The van der Waals surface area contributed by atoms with Gasteiger partial charge in [0.15, 0.2) is 0 Å². The minimum Gasteiger partial charge on any atom is -0.492 e. The second kappa shape index (κ2) is 6.30. The van der Waals surface area contributed by atoms with Gasteiger partial charge in [-0.25, -0.2) is 0 Å². The number of ether oxygens (including phenoxy) is 1. The van der Waals surface area contributed by atoms with E-state index in [0.717, 1.165) is 24.3 Å². The van der Waals surface area contributed by atoms with Gasteiger partial charge in [-0.2, -0.15) is 0 Å². The highest BCUT2D eigenvalue weighted by atomic mass is 35.5. The maximum atomic E-state index is 6.16. The maximum Gasteiger partial charge on any atom is 0.138 e. The number of rotatable bonds is 4. The van der Waals surface area contributed by atoms with E-state index in [1.165, 1.54) is 12.8 Å². The van der Waals surface area contributed by atoms with Crippen LogP contribution in [0, 0.1) is 0 Å². The summed E-state index contributed by atoms with van der Waals surface area (Å²) in [6.07, 6.45) is 4.55. The van der Waals surface area contributed by atoms with Crippen LogP contribution in [0.5, 0.6) is 5.75 Å². The van der Waals surface area contributed by atoms with E-state index in [1.54, 1.807) is 0 Å². The van der Waals surface area contributed by atoms with Crippen molar-refractivity contribution in [3.8, 4) is 5.75 Å². The lowest BCUT2D eigenvalue weighted by atomic mass is 9.91. The van der Waals surface area contributed by atoms with E-state index in [4.69, 9.17) is 22.1 Å². The molecule has 0 saturated heterocycles. The van der Waals surface area contributed by atoms with Crippen LogP contribution in [0.25, 0.3) is 0 Å². The molecule has 100 valence electrons. The van der Waals surface area contributed by atoms with E-state index in [1.807, 2.05) is 25.1 Å². The number of nitrogens with two attached hydrogens (primary N) is 1. The highest BCUT2D eigenvalue weighted by Crippen LogP contribution is 2.29. The van der Waals surface area contributed by atoms with Crippen molar-refractivity contribution in [3.05, 3.63) is 23.2 Å². The number of benzene rings is 1. The molecule has 1 aromatic rings. The molecule has 1 fully saturated rings. The summed E-state index contributed by atoms with van der Waals surface area (Å²) in [5.41, 5.74) is 7.03. The zero-order valence-electron chi connectivity index (χ0n) is 10.8. The second-order valence-electron chi connectivity index (χ2n) is 4.85. The normalized spacial score (nSPS) is 23.7. The molecular formula is C14H21ClN2O. The lowest BCUT2D eigenvalue weighted by molar-refractivity contribution is 0.340. The Labute approximate surface area is 114 Å². The van der Waals surface area contributed by atoms with E-state index >= 15 is 0 Å². The average molecular weight is 269 g/mol. The van der Waals surface area contributed by atoms with E-state index < -0.39 is 0 Å². The SMILES string of the molecule is CCOc1ccc(NC2CCCC(N)C2)cc1Cl. The predicted molar refractivity (Wildman–Crippen MR) is 76.5 cm³/mol. The molecule has 0 radical (unpaired) electrons. The average Bonchev–Trinajstić information content (AvgIpc) is 2.33. The lowest BCUT2D eigenvalue weighted by Crippen LogP contribution is -2.34. The van der Waals surface area contributed by atoms with Gasteiger partial charge in [0.25, 0.3) is 0 Å². The Hall–Kier alpha value is -0.930. The Kier molecular flexibility index (Phi) is 4.72. The summed E-state index contributed by atoms with van der Waals surface area (Å²) in [6, 6.07) is 6.64. The highest BCUT2D eigenvalue weighted by Gasteiger charge is 2.19. The largest absolute Gasteiger partial charge is 0.492 e. The maximum absolute atomic E-state index is 6.16. The number of hydrogen-bond donors (Lipinski definition) is 2. The molecule has 0 heterocycles. The second-order valence-corrected chi connectivity index (χ2v) is 5.25. The summed E-state index contributed by atoms with van der Waals surface area (Å²) in [6.45, 7) is 2.58. The van der Waals surface area contributed by atoms with Gasteiger partial charge in [0.1, 0.15) is 5.75 Å². The fraction of sp³-hybridized carbons (Fsp3) is 0.571. The minimum absolute atomic E-state index is 0.328. The van der Waals surface area contributed by atoms with E-state index in [9.17, 15) is 0 Å². The van der Waals surface area contributed by atoms with Crippen molar-refractivity contribution in [2.75, 3.05) is 11.9 Å². The van der Waals surface area contributed by atoms with Gasteiger partial charge in [-0.3, -0.25) is 0 Å². The van der Waals surface area contributed by atoms with Gasteiger partial charge in [0.2, 0.25) is 0 Å². The summed E-state index contributed by atoms with van der Waals surface area (Å²) >= 11 is 6.16. The van der Waals surface area contributed by atoms with Crippen molar-refractivity contribution in [1.29, 1.82) is 0 Å². The van der Waals surface area contributed by atoms with Gasteiger partial charge >= 0.3 is 0 Å². The van der Waals surface area contributed by atoms with E-state index in [0.29, 0.717) is 23.7 Å². The van der Waals surface area contributed by atoms with E-state index in [2.05, 4.69) is 5.32 Å². The quantitative estimate of drug-likeness (QED) is 0.880. The van der Waals surface area contributed by atoms with Gasteiger partial charge in [0.05, 0.1) is 11.6 Å². The van der Waals surface area contributed by atoms with Gasteiger partial charge < -0.3 is 15.8 Å². The molecule has 1 aromatic carbocycles. The van der Waals surface area contributed by atoms with Crippen LogP contribution in [-0.4, -0.2) is 18.7 Å².